The number of aliphatic hydroxyl groups excluding tert-OH is 1. The van der Waals surface area contributed by atoms with Gasteiger partial charge < -0.3 is 14.5 Å². The number of hydrogen-bond acceptors (Lipinski definition) is 7. The quantitative estimate of drug-likeness (QED) is 0.640. The van der Waals surface area contributed by atoms with Gasteiger partial charge in [0.15, 0.2) is 5.76 Å². The highest BCUT2D eigenvalue weighted by molar-refractivity contribution is 5.74. The number of benzene rings is 1. The van der Waals surface area contributed by atoms with Crippen LogP contribution >= 0.6 is 0 Å². The van der Waals surface area contributed by atoms with Gasteiger partial charge in [-0.3, -0.25) is 0 Å². The molecule has 1 unspecified atom stereocenters. The summed E-state index contributed by atoms with van der Waals surface area (Å²) >= 11 is 0. The molecule has 166 valence electrons. The molecule has 0 spiro atoms. The lowest BCUT2D eigenvalue weighted by Crippen LogP contribution is -2.44. The fourth-order valence-electron chi connectivity index (χ4n) is 4.13. The summed E-state index contributed by atoms with van der Waals surface area (Å²) in [5, 5.41) is 30.5. The van der Waals surface area contributed by atoms with Crippen LogP contribution in [0.15, 0.2) is 14.8 Å². The molecule has 1 N–H and O–H groups in total. The third-order valence-corrected chi connectivity index (χ3v) is 5.79. The monoisotopic (exact) mass is 435 g/mol. The van der Waals surface area contributed by atoms with Crippen molar-refractivity contribution in [2.45, 2.75) is 65.8 Å². The topological polar surface area (TPSA) is 98.0 Å². The molecule has 0 bridgehead atoms. The summed E-state index contributed by atoms with van der Waals surface area (Å²) in [6, 6.07) is 1.66. The molecule has 31 heavy (non-hydrogen) atoms. The number of fused-ring (bicyclic) bond motifs is 1. The molecule has 0 fully saturated rings. The molecule has 1 aliphatic heterocycles. The van der Waals surface area contributed by atoms with E-state index in [-0.39, 0.29) is 23.2 Å². The van der Waals surface area contributed by atoms with E-state index in [1.807, 2.05) is 19.9 Å². The molecule has 0 radical (unpaired) electrons. The first-order valence-electron chi connectivity index (χ1n) is 10.0. The number of halogens is 3. The van der Waals surface area contributed by atoms with Crippen LogP contribution in [0, 0.1) is 25.2 Å². The maximum Gasteiger partial charge on any atom is 0.405 e. The van der Waals surface area contributed by atoms with Gasteiger partial charge >= 0.3 is 6.18 Å². The molecule has 0 saturated carbocycles. The Hall–Kier alpha value is -2.93. The highest BCUT2D eigenvalue weighted by atomic mass is 19.4. The van der Waals surface area contributed by atoms with Gasteiger partial charge in [0.1, 0.15) is 24.8 Å². The van der Waals surface area contributed by atoms with Crippen molar-refractivity contribution in [2.24, 2.45) is 10.2 Å². The van der Waals surface area contributed by atoms with Gasteiger partial charge in [-0.1, -0.05) is 12.1 Å². The molecule has 2 aromatic rings. The molecule has 0 saturated heterocycles. The normalized spacial score (nSPS) is 16.6. The molecule has 1 aromatic carbocycles. The predicted molar refractivity (Wildman–Crippen MR) is 108 cm³/mol. The summed E-state index contributed by atoms with van der Waals surface area (Å²) in [7, 11) is 0. The van der Waals surface area contributed by atoms with E-state index in [0.29, 0.717) is 30.6 Å². The molecule has 2 heterocycles. The average Bonchev–Trinajstić information content (AvgIpc) is 3.12. The Morgan fingerprint density at radius 1 is 1.29 bits per heavy atom. The molecular formula is C21H24F3N5O2. The summed E-state index contributed by atoms with van der Waals surface area (Å²) in [5.41, 5.74) is 4.35. The molecule has 7 nitrogen and oxygen atoms in total. The molecule has 1 aliphatic rings. The first-order valence-corrected chi connectivity index (χ1v) is 10.0. The number of hydrogen-bond donors (Lipinski definition) is 1. The molecule has 0 amide bonds. The number of anilines is 1. The summed E-state index contributed by atoms with van der Waals surface area (Å²) in [6.45, 7) is 5.86. The maximum absolute atomic E-state index is 13.3. The number of aliphatic hydroxyl groups is 1. The predicted octanol–water partition coefficient (Wildman–Crippen LogP) is 5.34. The second kappa shape index (κ2) is 8.67. The third kappa shape index (κ3) is 4.28. The van der Waals surface area contributed by atoms with E-state index in [0.717, 1.165) is 22.3 Å². The van der Waals surface area contributed by atoms with Crippen molar-refractivity contribution in [1.29, 1.82) is 5.26 Å². The van der Waals surface area contributed by atoms with Crippen LogP contribution in [-0.4, -0.2) is 29.0 Å². The lowest BCUT2D eigenvalue weighted by Gasteiger charge is -2.40. The first kappa shape index (κ1) is 22.7. The van der Waals surface area contributed by atoms with Crippen LogP contribution in [0.1, 0.15) is 53.8 Å². The molecule has 10 heteroatoms. The SMILES string of the molecule is CCc1c2c(c(C)c(C)c1N=Nc1noc(CO)c1C#N)N(CC(F)(F)F)C(C)CC2. The Morgan fingerprint density at radius 2 is 2.00 bits per heavy atom. The zero-order valence-electron chi connectivity index (χ0n) is 17.8. The van der Waals surface area contributed by atoms with Crippen LogP contribution in [0.2, 0.25) is 0 Å². The van der Waals surface area contributed by atoms with Crippen molar-refractivity contribution in [1.82, 2.24) is 5.16 Å². The Kier molecular flexibility index (Phi) is 6.36. The Bertz CT molecular complexity index is 1050. The Balaban J connectivity index is 2.14. The third-order valence-electron chi connectivity index (χ3n) is 5.79. The van der Waals surface area contributed by atoms with Crippen molar-refractivity contribution < 1.29 is 22.8 Å². The van der Waals surface area contributed by atoms with Crippen LogP contribution in [0.25, 0.3) is 0 Å². The number of alkyl halides is 3. The minimum absolute atomic E-state index is 0.00168. The maximum atomic E-state index is 13.3. The number of azo groups is 1. The summed E-state index contributed by atoms with van der Waals surface area (Å²) < 4.78 is 44.7. The van der Waals surface area contributed by atoms with Crippen LogP contribution < -0.4 is 4.90 Å². The molecule has 3 rings (SSSR count). The van der Waals surface area contributed by atoms with E-state index in [4.69, 9.17) is 4.52 Å². The fraction of sp³-hybridized carbons (Fsp3) is 0.524. The van der Waals surface area contributed by atoms with E-state index in [9.17, 15) is 23.5 Å². The van der Waals surface area contributed by atoms with Crippen molar-refractivity contribution in [3.63, 3.8) is 0 Å². The van der Waals surface area contributed by atoms with Gasteiger partial charge in [-0.15, -0.1) is 10.2 Å². The van der Waals surface area contributed by atoms with Crippen LogP contribution in [0.3, 0.4) is 0 Å². The molecule has 1 atom stereocenters. The zero-order valence-corrected chi connectivity index (χ0v) is 17.8. The number of nitriles is 1. The zero-order chi connectivity index (χ0) is 22.9. The fourth-order valence-corrected chi connectivity index (χ4v) is 4.13. The van der Waals surface area contributed by atoms with Crippen molar-refractivity contribution in [3.05, 3.63) is 33.6 Å². The van der Waals surface area contributed by atoms with Crippen molar-refractivity contribution in [3.8, 4) is 6.07 Å². The molecule has 0 aliphatic carbocycles. The standard InChI is InChI=1S/C21H24F3N5O2/c1-5-14-15-7-6-11(2)29(10-21(22,23)24)19(15)13(4)12(3)18(14)26-27-20-16(8-25)17(9-30)31-28-20/h11,30H,5-7,9-10H2,1-4H3. The minimum atomic E-state index is -4.31. The van der Waals surface area contributed by atoms with Crippen LogP contribution in [-0.2, 0) is 19.4 Å². The summed E-state index contributed by atoms with van der Waals surface area (Å²) in [5.74, 6) is -0.0435. The van der Waals surface area contributed by atoms with Gasteiger partial charge in [-0.05, 0) is 62.3 Å². The number of nitrogens with zero attached hydrogens (tertiary/aromatic N) is 5. The smallest absolute Gasteiger partial charge is 0.388 e. The summed E-state index contributed by atoms with van der Waals surface area (Å²) in [4.78, 5) is 1.44. The van der Waals surface area contributed by atoms with Gasteiger partial charge in [-0.2, -0.15) is 18.4 Å². The van der Waals surface area contributed by atoms with Gasteiger partial charge in [0.2, 0.25) is 5.82 Å². The second-order valence-electron chi connectivity index (χ2n) is 7.66. The highest BCUT2D eigenvalue weighted by Gasteiger charge is 2.37. The highest BCUT2D eigenvalue weighted by Crippen LogP contribution is 2.44. The lowest BCUT2D eigenvalue weighted by atomic mass is 9.85. The molecule has 1 aromatic heterocycles. The second-order valence-corrected chi connectivity index (χ2v) is 7.66. The van der Waals surface area contributed by atoms with Crippen LogP contribution in [0.4, 0.5) is 30.4 Å². The molecular weight excluding hydrogens is 411 g/mol. The van der Waals surface area contributed by atoms with Gasteiger partial charge in [0.05, 0.1) is 5.69 Å². The van der Waals surface area contributed by atoms with E-state index < -0.39 is 19.3 Å². The van der Waals surface area contributed by atoms with Crippen molar-refractivity contribution >= 4 is 17.2 Å². The van der Waals surface area contributed by atoms with E-state index in [2.05, 4.69) is 15.4 Å². The first-order chi connectivity index (χ1) is 14.6. The Morgan fingerprint density at radius 3 is 2.58 bits per heavy atom. The van der Waals surface area contributed by atoms with E-state index in [1.165, 1.54) is 4.90 Å². The van der Waals surface area contributed by atoms with Gasteiger partial charge in [-0.25, -0.2) is 0 Å². The largest absolute Gasteiger partial charge is 0.405 e. The lowest BCUT2D eigenvalue weighted by molar-refractivity contribution is -0.120. The van der Waals surface area contributed by atoms with Gasteiger partial charge in [0, 0.05) is 11.7 Å². The van der Waals surface area contributed by atoms with E-state index >= 15 is 0 Å². The number of rotatable bonds is 5. The van der Waals surface area contributed by atoms with Crippen molar-refractivity contribution in [2.75, 3.05) is 11.4 Å². The summed E-state index contributed by atoms with van der Waals surface area (Å²) in [6.07, 6.45) is -2.48. The van der Waals surface area contributed by atoms with Gasteiger partial charge in [0.25, 0.3) is 0 Å². The van der Waals surface area contributed by atoms with Crippen LogP contribution in [0.5, 0.6) is 0 Å². The van der Waals surface area contributed by atoms with E-state index in [1.54, 1.807) is 13.8 Å². The number of aromatic nitrogens is 1. The Labute approximate surface area is 178 Å². The minimum Gasteiger partial charge on any atom is -0.388 e. The average molecular weight is 435 g/mol.